The Labute approximate surface area is 123 Å². The highest BCUT2D eigenvalue weighted by molar-refractivity contribution is 7.18. The predicted molar refractivity (Wildman–Crippen MR) is 81.9 cm³/mol. The van der Waals surface area contributed by atoms with E-state index in [1.54, 1.807) is 11.3 Å². The molecule has 2 unspecified atom stereocenters. The van der Waals surface area contributed by atoms with E-state index in [4.69, 9.17) is 9.47 Å². The van der Waals surface area contributed by atoms with Gasteiger partial charge in [0.15, 0.2) is 5.79 Å². The lowest BCUT2D eigenvalue weighted by molar-refractivity contribution is -0.151. The van der Waals surface area contributed by atoms with Crippen LogP contribution >= 0.6 is 11.3 Å². The van der Waals surface area contributed by atoms with Crippen LogP contribution in [0.4, 0.5) is 0 Å². The Morgan fingerprint density at radius 2 is 2.25 bits per heavy atom. The highest BCUT2D eigenvalue weighted by atomic mass is 32.1. The second kappa shape index (κ2) is 5.64. The predicted octanol–water partition coefficient (Wildman–Crippen LogP) is 4.46. The van der Waals surface area contributed by atoms with Crippen LogP contribution in [0.1, 0.15) is 37.8 Å². The lowest BCUT2D eigenvalue weighted by atomic mass is 10.2. The highest BCUT2D eigenvalue weighted by Crippen LogP contribution is 2.38. The SMILES string of the molecule is CC/C=C\CC1(C)OCC(c2nc3ccccc3s2)O1. The Hall–Kier alpha value is -1.23. The zero-order valence-corrected chi connectivity index (χ0v) is 12.7. The van der Waals surface area contributed by atoms with Crippen molar-refractivity contribution in [1.82, 2.24) is 4.98 Å². The van der Waals surface area contributed by atoms with Crippen LogP contribution in [0.25, 0.3) is 10.2 Å². The van der Waals surface area contributed by atoms with Crippen molar-refractivity contribution in [1.29, 1.82) is 0 Å². The molecule has 2 atom stereocenters. The summed E-state index contributed by atoms with van der Waals surface area (Å²) in [6, 6.07) is 8.18. The van der Waals surface area contributed by atoms with Gasteiger partial charge in [-0.15, -0.1) is 11.3 Å². The number of hydrogen-bond acceptors (Lipinski definition) is 4. The molecular formula is C16H19NO2S. The minimum absolute atomic E-state index is 0.0487. The van der Waals surface area contributed by atoms with E-state index >= 15 is 0 Å². The van der Waals surface area contributed by atoms with Gasteiger partial charge in [-0.05, 0) is 25.5 Å². The van der Waals surface area contributed by atoms with E-state index in [0.717, 1.165) is 23.4 Å². The van der Waals surface area contributed by atoms with E-state index in [-0.39, 0.29) is 6.10 Å². The van der Waals surface area contributed by atoms with Gasteiger partial charge in [-0.3, -0.25) is 0 Å². The minimum atomic E-state index is -0.520. The van der Waals surface area contributed by atoms with Crippen molar-refractivity contribution >= 4 is 21.6 Å². The van der Waals surface area contributed by atoms with E-state index in [1.165, 1.54) is 4.70 Å². The molecule has 0 radical (unpaired) electrons. The molecule has 1 aromatic heterocycles. The maximum absolute atomic E-state index is 6.09. The number of ether oxygens (including phenoxy) is 2. The average Bonchev–Trinajstić information content (AvgIpc) is 3.03. The van der Waals surface area contributed by atoms with Crippen molar-refractivity contribution in [2.24, 2.45) is 0 Å². The van der Waals surface area contributed by atoms with Crippen molar-refractivity contribution in [2.45, 2.75) is 38.6 Å². The molecule has 0 saturated carbocycles. The van der Waals surface area contributed by atoms with Gasteiger partial charge < -0.3 is 9.47 Å². The summed E-state index contributed by atoms with van der Waals surface area (Å²) in [5, 5.41) is 1.01. The molecule has 2 aromatic rings. The van der Waals surface area contributed by atoms with E-state index in [1.807, 2.05) is 25.1 Å². The molecule has 2 heterocycles. The van der Waals surface area contributed by atoms with E-state index < -0.39 is 5.79 Å². The van der Waals surface area contributed by atoms with Crippen molar-refractivity contribution in [2.75, 3.05) is 6.61 Å². The summed E-state index contributed by atoms with van der Waals surface area (Å²) in [7, 11) is 0. The summed E-state index contributed by atoms with van der Waals surface area (Å²) in [5.41, 5.74) is 1.04. The molecule has 4 heteroatoms. The van der Waals surface area contributed by atoms with E-state index in [0.29, 0.717) is 6.61 Å². The van der Waals surface area contributed by atoms with Gasteiger partial charge in [-0.1, -0.05) is 31.2 Å². The third-order valence-electron chi connectivity index (χ3n) is 3.41. The van der Waals surface area contributed by atoms with Crippen molar-refractivity contribution < 1.29 is 9.47 Å². The summed E-state index contributed by atoms with van der Waals surface area (Å²) in [6.45, 7) is 4.70. The first-order chi connectivity index (χ1) is 9.70. The van der Waals surface area contributed by atoms with Gasteiger partial charge >= 0.3 is 0 Å². The highest BCUT2D eigenvalue weighted by Gasteiger charge is 2.38. The third kappa shape index (κ3) is 2.77. The number of nitrogens with zero attached hydrogens (tertiary/aromatic N) is 1. The normalized spacial score (nSPS) is 26.8. The molecule has 3 rings (SSSR count). The first kappa shape index (κ1) is 13.7. The van der Waals surface area contributed by atoms with Crippen LogP contribution in [-0.2, 0) is 9.47 Å². The number of hydrogen-bond donors (Lipinski definition) is 0. The van der Waals surface area contributed by atoms with E-state index in [2.05, 4.69) is 30.1 Å². The second-order valence-electron chi connectivity index (χ2n) is 5.15. The third-order valence-corrected chi connectivity index (χ3v) is 4.54. The molecule has 1 aromatic carbocycles. The summed E-state index contributed by atoms with van der Waals surface area (Å²) in [5.74, 6) is -0.520. The summed E-state index contributed by atoms with van der Waals surface area (Å²) in [6.07, 6.45) is 6.04. The second-order valence-corrected chi connectivity index (χ2v) is 6.22. The Morgan fingerprint density at radius 1 is 1.40 bits per heavy atom. The van der Waals surface area contributed by atoms with Gasteiger partial charge in [-0.25, -0.2) is 4.98 Å². The molecule has 0 aliphatic carbocycles. The molecule has 1 saturated heterocycles. The monoisotopic (exact) mass is 289 g/mol. The maximum Gasteiger partial charge on any atom is 0.170 e. The molecular weight excluding hydrogens is 270 g/mol. The molecule has 0 bridgehead atoms. The van der Waals surface area contributed by atoms with E-state index in [9.17, 15) is 0 Å². The standard InChI is InChI=1S/C16H19NO2S/c1-3-4-7-10-16(2)18-11-13(19-16)15-17-12-8-5-6-9-14(12)20-15/h4-9,13H,3,10-11H2,1-2H3/b7-4-. The zero-order valence-electron chi connectivity index (χ0n) is 11.8. The number of para-hydroxylation sites is 1. The fourth-order valence-corrected chi connectivity index (χ4v) is 3.32. The number of benzene rings is 1. The average molecular weight is 289 g/mol. The van der Waals surface area contributed by atoms with Crippen LogP contribution in [0.15, 0.2) is 36.4 Å². The van der Waals surface area contributed by atoms with Crippen molar-refractivity contribution in [3.05, 3.63) is 41.4 Å². The number of fused-ring (bicyclic) bond motifs is 1. The van der Waals surface area contributed by atoms with Crippen LogP contribution < -0.4 is 0 Å². The van der Waals surface area contributed by atoms with Crippen LogP contribution in [0.2, 0.25) is 0 Å². The van der Waals surface area contributed by atoms with Gasteiger partial charge in [0.25, 0.3) is 0 Å². The summed E-state index contributed by atoms with van der Waals surface area (Å²) >= 11 is 1.69. The lowest BCUT2D eigenvalue weighted by Crippen LogP contribution is -2.24. The number of allylic oxidation sites excluding steroid dienone is 1. The Morgan fingerprint density at radius 3 is 3.05 bits per heavy atom. The zero-order chi connectivity index (χ0) is 14.0. The van der Waals surface area contributed by atoms with Gasteiger partial charge in [0.05, 0.1) is 16.8 Å². The summed E-state index contributed by atoms with van der Waals surface area (Å²) < 4.78 is 13.1. The first-order valence-electron chi connectivity index (χ1n) is 7.02. The number of rotatable bonds is 4. The van der Waals surface area contributed by atoms with Crippen LogP contribution in [-0.4, -0.2) is 17.4 Å². The van der Waals surface area contributed by atoms with Crippen molar-refractivity contribution in [3.8, 4) is 0 Å². The fraction of sp³-hybridized carbons (Fsp3) is 0.438. The van der Waals surface area contributed by atoms with Crippen molar-refractivity contribution in [3.63, 3.8) is 0 Å². The minimum Gasteiger partial charge on any atom is -0.347 e. The fourth-order valence-electron chi connectivity index (χ4n) is 2.34. The summed E-state index contributed by atoms with van der Waals surface area (Å²) in [4.78, 5) is 4.65. The van der Waals surface area contributed by atoms with Gasteiger partial charge in [-0.2, -0.15) is 0 Å². The lowest BCUT2D eigenvalue weighted by Gasteiger charge is -2.21. The molecule has 1 aliphatic rings. The van der Waals surface area contributed by atoms with Crippen LogP contribution in [0.3, 0.4) is 0 Å². The largest absolute Gasteiger partial charge is 0.347 e. The van der Waals surface area contributed by atoms with Crippen LogP contribution in [0.5, 0.6) is 0 Å². The van der Waals surface area contributed by atoms with Gasteiger partial charge in [0.1, 0.15) is 11.1 Å². The Bertz CT molecular complexity index is 589. The molecule has 3 nitrogen and oxygen atoms in total. The number of aromatic nitrogens is 1. The van der Waals surface area contributed by atoms with Crippen LogP contribution in [0, 0.1) is 0 Å². The molecule has 0 N–H and O–H groups in total. The number of thiazole rings is 1. The smallest absolute Gasteiger partial charge is 0.170 e. The Kier molecular flexibility index (Phi) is 3.87. The molecule has 0 spiro atoms. The van der Waals surface area contributed by atoms with Gasteiger partial charge in [0.2, 0.25) is 0 Å². The topological polar surface area (TPSA) is 31.4 Å². The molecule has 1 fully saturated rings. The van der Waals surface area contributed by atoms with Gasteiger partial charge in [0, 0.05) is 6.42 Å². The molecule has 0 amide bonds. The molecule has 106 valence electrons. The Balaban J connectivity index is 1.74. The first-order valence-corrected chi connectivity index (χ1v) is 7.84. The maximum atomic E-state index is 6.09. The quantitative estimate of drug-likeness (QED) is 0.779. The molecule has 1 aliphatic heterocycles. The molecule has 20 heavy (non-hydrogen) atoms.